The molecule has 2 aromatic carbocycles. The number of carbonyl (C=O) groups excluding carboxylic acids is 4. The van der Waals surface area contributed by atoms with Gasteiger partial charge in [0.15, 0.2) is 0 Å². The van der Waals surface area contributed by atoms with E-state index in [1.165, 1.54) is 0 Å². The lowest BCUT2D eigenvalue weighted by Crippen LogP contribution is -2.49. The van der Waals surface area contributed by atoms with Gasteiger partial charge in [0.2, 0.25) is 11.8 Å². The van der Waals surface area contributed by atoms with Crippen molar-refractivity contribution in [1.29, 1.82) is 0 Å². The van der Waals surface area contributed by atoms with E-state index in [2.05, 4.69) is 5.32 Å². The molecule has 0 bridgehead atoms. The molecule has 1 fully saturated rings. The van der Waals surface area contributed by atoms with Crippen LogP contribution in [0.15, 0.2) is 54.6 Å². The van der Waals surface area contributed by atoms with E-state index in [1.54, 1.807) is 29.2 Å². The van der Waals surface area contributed by atoms with Crippen molar-refractivity contribution in [3.05, 3.63) is 71.3 Å². The molecule has 0 unspecified atom stereocenters. The second kappa shape index (κ2) is 8.49. The van der Waals surface area contributed by atoms with E-state index in [9.17, 15) is 19.2 Å². The normalized spacial score (nSPS) is 16.5. The zero-order chi connectivity index (χ0) is 21.1. The minimum Gasteiger partial charge on any atom is -0.353 e. The zero-order valence-electron chi connectivity index (χ0n) is 16.5. The van der Waals surface area contributed by atoms with Crippen LogP contribution in [0.2, 0.25) is 0 Å². The number of nitrogens with one attached hydrogen (secondary N) is 1. The Morgan fingerprint density at radius 3 is 2.03 bits per heavy atom. The van der Waals surface area contributed by atoms with Crippen LogP contribution < -0.4 is 5.32 Å². The number of piperidine rings is 1. The fourth-order valence-corrected chi connectivity index (χ4v) is 3.95. The Kier molecular flexibility index (Phi) is 5.61. The quantitative estimate of drug-likeness (QED) is 0.766. The predicted octanol–water partition coefficient (Wildman–Crippen LogP) is 1.63. The van der Waals surface area contributed by atoms with Crippen LogP contribution in [0.3, 0.4) is 0 Å². The molecule has 0 aliphatic carbocycles. The molecule has 7 heteroatoms. The molecule has 1 saturated heterocycles. The van der Waals surface area contributed by atoms with Crippen LogP contribution in [0.5, 0.6) is 0 Å². The van der Waals surface area contributed by atoms with E-state index in [1.807, 2.05) is 30.3 Å². The van der Waals surface area contributed by atoms with Gasteiger partial charge in [-0.05, 0) is 30.5 Å². The number of nitrogens with zero attached hydrogens (tertiary/aromatic N) is 2. The highest BCUT2D eigenvalue weighted by Gasteiger charge is 2.37. The standard InChI is InChI=1S/C23H23N3O4/c27-20(14-16-6-2-1-3-7-16)24-17-10-12-25(13-11-17)21(28)15-26-22(29)18-8-4-5-9-19(18)23(26)30/h1-9,17H,10-15H2,(H,24,27). The lowest BCUT2D eigenvalue weighted by Gasteiger charge is -2.33. The summed E-state index contributed by atoms with van der Waals surface area (Å²) in [7, 11) is 0. The van der Waals surface area contributed by atoms with Crippen LogP contribution >= 0.6 is 0 Å². The SMILES string of the molecule is O=C(Cc1ccccc1)NC1CCN(C(=O)CN2C(=O)c3ccccc3C2=O)CC1. The number of carbonyl (C=O) groups is 4. The van der Waals surface area contributed by atoms with E-state index in [4.69, 9.17) is 0 Å². The summed E-state index contributed by atoms with van der Waals surface area (Å²) >= 11 is 0. The first-order chi connectivity index (χ1) is 14.5. The number of hydrogen-bond acceptors (Lipinski definition) is 4. The molecule has 2 aliphatic heterocycles. The van der Waals surface area contributed by atoms with E-state index in [-0.39, 0.29) is 24.4 Å². The van der Waals surface area contributed by atoms with Gasteiger partial charge < -0.3 is 10.2 Å². The topological polar surface area (TPSA) is 86.8 Å². The van der Waals surface area contributed by atoms with Gasteiger partial charge in [-0.25, -0.2) is 0 Å². The number of benzene rings is 2. The van der Waals surface area contributed by atoms with Gasteiger partial charge in [-0.15, -0.1) is 0 Å². The van der Waals surface area contributed by atoms with Crippen molar-refractivity contribution in [1.82, 2.24) is 15.1 Å². The Morgan fingerprint density at radius 2 is 1.43 bits per heavy atom. The maximum Gasteiger partial charge on any atom is 0.262 e. The highest BCUT2D eigenvalue weighted by molar-refractivity contribution is 6.22. The number of rotatable bonds is 5. The molecule has 2 aromatic rings. The third-order valence-corrected chi connectivity index (χ3v) is 5.59. The molecule has 2 aliphatic rings. The lowest BCUT2D eigenvalue weighted by molar-refractivity contribution is -0.132. The highest BCUT2D eigenvalue weighted by Crippen LogP contribution is 2.22. The van der Waals surface area contributed by atoms with Gasteiger partial charge >= 0.3 is 0 Å². The Morgan fingerprint density at radius 1 is 0.867 bits per heavy atom. The Balaban J connectivity index is 1.26. The largest absolute Gasteiger partial charge is 0.353 e. The smallest absolute Gasteiger partial charge is 0.262 e. The third-order valence-electron chi connectivity index (χ3n) is 5.59. The summed E-state index contributed by atoms with van der Waals surface area (Å²) in [5, 5.41) is 3.03. The maximum absolute atomic E-state index is 12.7. The Hall–Kier alpha value is -3.48. The summed E-state index contributed by atoms with van der Waals surface area (Å²) in [5.74, 6) is -1.13. The zero-order valence-corrected chi connectivity index (χ0v) is 16.5. The van der Waals surface area contributed by atoms with Gasteiger partial charge in [0, 0.05) is 19.1 Å². The van der Waals surface area contributed by atoms with Gasteiger partial charge in [-0.3, -0.25) is 24.1 Å². The molecule has 154 valence electrons. The fourth-order valence-electron chi connectivity index (χ4n) is 3.95. The summed E-state index contributed by atoms with van der Waals surface area (Å²) in [4.78, 5) is 52.4. The van der Waals surface area contributed by atoms with E-state index < -0.39 is 11.8 Å². The van der Waals surface area contributed by atoms with Crippen molar-refractivity contribution < 1.29 is 19.2 Å². The molecular weight excluding hydrogens is 382 g/mol. The summed E-state index contributed by atoms with van der Waals surface area (Å²) in [5.41, 5.74) is 1.65. The maximum atomic E-state index is 12.7. The summed E-state index contributed by atoms with van der Waals surface area (Å²) < 4.78 is 0. The summed E-state index contributed by atoms with van der Waals surface area (Å²) in [6.07, 6.45) is 1.63. The minimum absolute atomic E-state index is 0.0181. The van der Waals surface area contributed by atoms with Crippen molar-refractivity contribution in [2.75, 3.05) is 19.6 Å². The number of amides is 4. The number of likely N-dealkylation sites (tertiary alicyclic amines) is 1. The number of imide groups is 1. The van der Waals surface area contributed by atoms with Crippen molar-refractivity contribution >= 4 is 23.6 Å². The third kappa shape index (κ3) is 4.10. The molecule has 4 rings (SSSR count). The molecule has 4 amide bonds. The first-order valence-corrected chi connectivity index (χ1v) is 10.1. The summed E-state index contributed by atoms with van der Waals surface area (Å²) in [6.45, 7) is 0.716. The van der Waals surface area contributed by atoms with Gasteiger partial charge in [0.1, 0.15) is 6.54 Å². The molecule has 1 N–H and O–H groups in total. The molecule has 0 atom stereocenters. The predicted molar refractivity (Wildman–Crippen MR) is 110 cm³/mol. The van der Waals surface area contributed by atoms with Crippen LogP contribution in [-0.2, 0) is 16.0 Å². The Labute approximate surface area is 174 Å². The first-order valence-electron chi connectivity index (χ1n) is 10.1. The summed E-state index contributed by atoms with van der Waals surface area (Å²) in [6, 6.07) is 16.2. The highest BCUT2D eigenvalue weighted by atomic mass is 16.2. The second-order valence-corrected chi connectivity index (χ2v) is 7.63. The van der Waals surface area contributed by atoms with E-state index in [0.717, 1.165) is 10.5 Å². The second-order valence-electron chi connectivity index (χ2n) is 7.63. The Bertz CT molecular complexity index is 946. The molecule has 0 radical (unpaired) electrons. The van der Waals surface area contributed by atoms with E-state index >= 15 is 0 Å². The van der Waals surface area contributed by atoms with Gasteiger partial charge in [-0.2, -0.15) is 0 Å². The molecular formula is C23H23N3O4. The molecule has 30 heavy (non-hydrogen) atoms. The average Bonchev–Trinajstić information content (AvgIpc) is 3.00. The fraction of sp³-hybridized carbons (Fsp3) is 0.304. The molecule has 0 spiro atoms. The number of fused-ring (bicyclic) bond motifs is 1. The lowest BCUT2D eigenvalue weighted by atomic mass is 10.0. The van der Waals surface area contributed by atoms with E-state index in [0.29, 0.717) is 43.5 Å². The van der Waals surface area contributed by atoms with Crippen molar-refractivity contribution in [3.8, 4) is 0 Å². The first kappa shape index (κ1) is 19.8. The molecule has 0 aromatic heterocycles. The van der Waals surface area contributed by atoms with Crippen LogP contribution in [0.4, 0.5) is 0 Å². The monoisotopic (exact) mass is 405 g/mol. The van der Waals surface area contributed by atoms with Gasteiger partial charge in [0.25, 0.3) is 11.8 Å². The number of hydrogen-bond donors (Lipinski definition) is 1. The van der Waals surface area contributed by atoms with Crippen LogP contribution in [0.25, 0.3) is 0 Å². The van der Waals surface area contributed by atoms with Crippen LogP contribution in [0, 0.1) is 0 Å². The van der Waals surface area contributed by atoms with Crippen molar-refractivity contribution in [2.24, 2.45) is 0 Å². The molecule has 7 nitrogen and oxygen atoms in total. The van der Waals surface area contributed by atoms with Gasteiger partial charge in [-0.1, -0.05) is 42.5 Å². The van der Waals surface area contributed by atoms with Crippen molar-refractivity contribution in [3.63, 3.8) is 0 Å². The van der Waals surface area contributed by atoms with Crippen molar-refractivity contribution in [2.45, 2.75) is 25.3 Å². The molecule has 0 saturated carbocycles. The van der Waals surface area contributed by atoms with Crippen LogP contribution in [0.1, 0.15) is 39.1 Å². The van der Waals surface area contributed by atoms with Crippen LogP contribution in [-0.4, -0.2) is 59.1 Å². The molecule has 2 heterocycles. The minimum atomic E-state index is -0.424. The average molecular weight is 405 g/mol. The van der Waals surface area contributed by atoms with Gasteiger partial charge in [0.05, 0.1) is 17.5 Å².